The molecule has 5 nitrogen and oxygen atoms in total. The van der Waals surface area contributed by atoms with Gasteiger partial charge in [-0.15, -0.1) is 0 Å². The molecular formula is C29H44N2O3S. The van der Waals surface area contributed by atoms with E-state index >= 15 is 0 Å². The molecule has 0 saturated heterocycles. The number of benzene rings is 1. The first-order valence-corrected chi connectivity index (χ1v) is 14.9. The predicted molar refractivity (Wildman–Crippen MR) is 146 cm³/mol. The minimum Gasteiger partial charge on any atom is -0.748 e. The van der Waals surface area contributed by atoms with E-state index in [2.05, 4.69) is 55.2 Å². The molecule has 0 amide bonds. The lowest BCUT2D eigenvalue weighted by Gasteiger charge is -2.25. The zero-order valence-electron chi connectivity index (χ0n) is 21.7. The Kier molecular flexibility index (Phi) is 13.7. The third-order valence-electron chi connectivity index (χ3n) is 6.27. The molecule has 6 heteroatoms. The molecule has 0 bridgehead atoms. The first kappa shape index (κ1) is 29.1. The molecule has 1 heterocycles. The van der Waals surface area contributed by atoms with Crippen molar-refractivity contribution in [2.24, 2.45) is 0 Å². The summed E-state index contributed by atoms with van der Waals surface area (Å²) >= 11 is 0. The molecule has 0 aliphatic rings. The van der Waals surface area contributed by atoms with Gasteiger partial charge in [-0.1, -0.05) is 76.7 Å². The number of anilines is 1. The molecule has 0 aliphatic heterocycles. The number of pyridine rings is 1. The second-order valence-electron chi connectivity index (χ2n) is 9.37. The summed E-state index contributed by atoms with van der Waals surface area (Å²) in [4.78, 5) is 2.56. The van der Waals surface area contributed by atoms with Crippen molar-refractivity contribution < 1.29 is 17.5 Å². The zero-order valence-corrected chi connectivity index (χ0v) is 22.5. The van der Waals surface area contributed by atoms with Gasteiger partial charge in [-0.2, -0.15) is 0 Å². The van der Waals surface area contributed by atoms with E-state index in [4.69, 9.17) is 0 Å². The normalized spacial score (nSPS) is 11.9. The summed E-state index contributed by atoms with van der Waals surface area (Å²) in [5, 5.41) is 0. The third-order valence-corrected chi connectivity index (χ3v) is 7.06. The Bertz CT molecular complexity index is 942. The Hall–Kier alpha value is -2.18. The summed E-state index contributed by atoms with van der Waals surface area (Å²) in [5.41, 5.74) is 3.61. The van der Waals surface area contributed by atoms with Crippen molar-refractivity contribution in [3.63, 3.8) is 0 Å². The smallest absolute Gasteiger partial charge is 0.169 e. The van der Waals surface area contributed by atoms with Gasteiger partial charge in [-0.3, -0.25) is 0 Å². The highest BCUT2D eigenvalue weighted by Gasteiger charge is 2.06. The fourth-order valence-electron chi connectivity index (χ4n) is 4.12. The van der Waals surface area contributed by atoms with E-state index in [-0.39, 0.29) is 5.75 Å². The molecule has 1 aromatic carbocycles. The fraction of sp³-hybridized carbons (Fsp3) is 0.552. The maximum Gasteiger partial charge on any atom is 0.169 e. The van der Waals surface area contributed by atoms with Crippen LogP contribution in [0.1, 0.15) is 89.2 Å². The Balaban J connectivity index is 1.89. The molecule has 1 aromatic heterocycles. The molecule has 0 saturated carbocycles. The number of nitrogens with zero attached hydrogens (tertiary/aromatic N) is 2. The number of rotatable bonds is 18. The predicted octanol–water partition coefficient (Wildman–Crippen LogP) is 6.44. The van der Waals surface area contributed by atoms with Crippen LogP contribution < -0.4 is 9.47 Å². The second-order valence-corrected chi connectivity index (χ2v) is 10.9. The minimum absolute atomic E-state index is 0.289. The van der Waals surface area contributed by atoms with E-state index < -0.39 is 10.1 Å². The van der Waals surface area contributed by atoms with Crippen LogP contribution in [-0.2, 0) is 16.7 Å². The Labute approximate surface area is 213 Å². The summed E-state index contributed by atoms with van der Waals surface area (Å²) in [6.45, 7) is 7.50. The largest absolute Gasteiger partial charge is 0.748 e. The van der Waals surface area contributed by atoms with Gasteiger partial charge in [0.15, 0.2) is 12.4 Å². The number of hydrogen-bond acceptors (Lipinski definition) is 4. The lowest BCUT2D eigenvalue weighted by molar-refractivity contribution is -0.697. The summed E-state index contributed by atoms with van der Waals surface area (Å²) in [6.07, 6.45) is 19.6. The van der Waals surface area contributed by atoms with Crippen LogP contribution >= 0.6 is 0 Å². The Morgan fingerprint density at radius 3 is 1.80 bits per heavy atom. The number of unbranched alkanes of at least 4 members (excludes halogenated alkanes) is 7. The van der Waals surface area contributed by atoms with Crippen molar-refractivity contribution in [1.29, 1.82) is 0 Å². The van der Waals surface area contributed by atoms with Crippen LogP contribution in [0.25, 0.3) is 12.2 Å². The van der Waals surface area contributed by atoms with Gasteiger partial charge in [0.2, 0.25) is 0 Å². The maximum atomic E-state index is 10.7. The molecule has 0 unspecified atom stereocenters. The SMILES string of the molecule is CCCCCCN(CCCCCC)c1ccc(C=Cc2cc[n+](CCCCS(=O)(=O)[O-])cc2)cc1. The van der Waals surface area contributed by atoms with Gasteiger partial charge in [0, 0.05) is 43.1 Å². The molecule has 0 aliphatic carbocycles. The number of hydrogen-bond donors (Lipinski definition) is 0. The van der Waals surface area contributed by atoms with Gasteiger partial charge < -0.3 is 9.45 Å². The van der Waals surface area contributed by atoms with Crippen LogP contribution in [0.4, 0.5) is 5.69 Å². The molecule has 0 spiro atoms. The van der Waals surface area contributed by atoms with Crippen LogP contribution in [0.2, 0.25) is 0 Å². The summed E-state index contributed by atoms with van der Waals surface area (Å²) < 4.78 is 34.1. The van der Waals surface area contributed by atoms with Gasteiger partial charge in [-0.05, 0) is 42.5 Å². The molecule has 2 rings (SSSR count). The van der Waals surface area contributed by atoms with Crippen LogP contribution in [0.5, 0.6) is 0 Å². The monoisotopic (exact) mass is 500 g/mol. The first-order valence-electron chi connectivity index (χ1n) is 13.4. The van der Waals surface area contributed by atoms with E-state index in [1.807, 2.05) is 29.1 Å². The third kappa shape index (κ3) is 12.9. The van der Waals surface area contributed by atoms with E-state index in [0.717, 1.165) is 18.7 Å². The summed E-state index contributed by atoms with van der Waals surface area (Å²) in [6, 6.07) is 13.0. The van der Waals surface area contributed by atoms with Crippen LogP contribution in [0.3, 0.4) is 0 Å². The number of aryl methyl sites for hydroxylation is 1. The lowest BCUT2D eigenvalue weighted by atomic mass is 10.1. The lowest BCUT2D eigenvalue weighted by Crippen LogP contribution is -2.32. The fourth-order valence-corrected chi connectivity index (χ4v) is 4.68. The van der Waals surface area contributed by atoms with Gasteiger partial charge in [-0.25, -0.2) is 13.0 Å². The molecule has 0 atom stereocenters. The average Bonchev–Trinajstić information content (AvgIpc) is 2.85. The van der Waals surface area contributed by atoms with E-state index in [1.54, 1.807) is 0 Å². The van der Waals surface area contributed by atoms with Crippen molar-refractivity contribution in [3.05, 3.63) is 59.9 Å². The Morgan fingerprint density at radius 2 is 1.29 bits per heavy atom. The van der Waals surface area contributed by atoms with Gasteiger partial charge in [0.05, 0.1) is 10.1 Å². The molecule has 0 radical (unpaired) electrons. The zero-order chi connectivity index (χ0) is 25.4. The molecule has 0 fully saturated rings. The topological polar surface area (TPSA) is 64.3 Å². The highest BCUT2D eigenvalue weighted by Crippen LogP contribution is 2.19. The van der Waals surface area contributed by atoms with E-state index in [9.17, 15) is 13.0 Å². The summed E-state index contributed by atoms with van der Waals surface area (Å²) in [7, 11) is -4.11. The first-order chi connectivity index (χ1) is 16.9. The highest BCUT2D eigenvalue weighted by molar-refractivity contribution is 7.85. The second kappa shape index (κ2) is 16.5. The van der Waals surface area contributed by atoms with Crippen molar-refractivity contribution in [2.45, 2.75) is 84.6 Å². The molecule has 2 aromatic rings. The van der Waals surface area contributed by atoms with Crippen LogP contribution in [0, 0.1) is 0 Å². The quantitative estimate of drug-likeness (QED) is 0.134. The maximum absolute atomic E-state index is 10.7. The van der Waals surface area contributed by atoms with Crippen molar-refractivity contribution in [1.82, 2.24) is 0 Å². The standard InChI is InChI=1S/C29H44N2O3S/c1-3-5-7-9-22-31(23-10-8-6-4-2)29-17-15-27(16-18-29)13-14-28-19-24-30(25-20-28)21-11-12-26-35(32,33)34/h13-20,24-25H,3-12,21-23,26H2,1-2H3. The number of aromatic nitrogens is 1. The summed E-state index contributed by atoms with van der Waals surface area (Å²) in [5.74, 6) is -0.289. The molecule has 0 N–H and O–H groups in total. The van der Waals surface area contributed by atoms with Crippen molar-refractivity contribution in [2.75, 3.05) is 23.7 Å². The highest BCUT2D eigenvalue weighted by atomic mass is 32.2. The van der Waals surface area contributed by atoms with Gasteiger partial charge in [0.1, 0.15) is 6.54 Å². The molecule has 35 heavy (non-hydrogen) atoms. The molecule has 194 valence electrons. The Morgan fingerprint density at radius 1 is 0.743 bits per heavy atom. The van der Waals surface area contributed by atoms with Crippen LogP contribution in [0.15, 0.2) is 48.8 Å². The van der Waals surface area contributed by atoms with Crippen LogP contribution in [-0.4, -0.2) is 31.8 Å². The van der Waals surface area contributed by atoms with E-state index in [1.165, 1.54) is 62.6 Å². The van der Waals surface area contributed by atoms with Gasteiger partial charge >= 0.3 is 0 Å². The minimum atomic E-state index is -4.11. The van der Waals surface area contributed by atoms with Crippen molar-refractivity contribution in [3.8, 4) is 0 Å². The van der Waals surface area contributed by atoms with Crippen molar-refractivity contribution >= 4 is 28.0 Å². The van der Waals surface area contributed by atoms with E-state index in [0.29, 0.717) is 19.4 Å². The van der Waals surface area contributed by atoms with Gasteiger partial charge in [0.25, 0.3) is 0 Å². The average molecular weight is 501 g/mol. The molecular weight excluding hydrogens is 456 g/mol.